The van der Waals surface area contributed by atoms with E-state index in [4.69, 9.17) is 0 Å². The van der Waals surface area contributed by atoms with Gasteiger partial charge in [-0.25, -0.2) is 0 Å². The molecule has 0 aliphatic carbocycles. The maximum atomic E-state index is 4.02. The lowest BCUT2D eigenvalue weighted by Gasteiger charge is -2.09. The van der Waals surface area contributed by atoms with Crippen molar-refractivity contribution in [1.29, 1.82) is 0 Å². The highest BCUT2D eigenvalue weighted by atomic mass is 32.2. The summed E-state index contributed by atoms with van der Waals surface area (Å²) in [6.45, 7) is 4.54. The second-order valence-corrected chi connectivity index (χ2v) is 4.83. The van der Waals surface area contributed by atoms with Crippen molar-refractivity contribution in [1.82, 2.24) is 0 Å². The van der Waals surface area contributed by atoms with E-state index in [0.717, 1.165) is 5.25 Å². The van der Waals surface area contributed by atoms with E-state index in [1.165, 1.54) is 19.3 Å². The average Bonchev–Trinajstić information content (AvgIpc) is 1.82. The van der Waals surface area contributed by atoms with E-state index in [-0.39, 0.29) is 0 Å². The molecule has 0 bridgehead atoms. The number of unbranched alkanes of at least 4 members (excludes halogenated alkanes) is 1. The molecule has 0 heterocycles. The van der Waals surface area contributed by atoms with E-state index in [9.17, 15) is 0 Å². The van der Waals surface area contributed by atoms with Crippen LogP contribution in [0.25, 0.3) is 0 Å². The normalized spacial score (nSPS) is 17.2. The van der Waals surface area contributed by atoms with Crippen LogP contribution in [0.1, 0.15) is 33.1 Å². The molecule has 0 aromatic carbocycles. The minimum atomic E-state index is 0.388. The van der Waals surface area contributed by atoms with Gasteiger partial charge >= 0.3 is 0 Å². The Morgan fingerprint density at radius 1 is 1.56 bits per heavy atom. The van der Waals surface area contributed by atoms with Crippen molar-refractivity contribution in [3.8, 4) is 0 Å². The van der Waals surface area contributed by atoms with Crippen LogP contribution >= 0.6 is 10.5 Å². The van der Waals surface area contributed by atoms with Crippen LogP contribution in [0.2, 0.25) is 0 Å². The van der Waals surface area contributed by atoms with Crippen molar-refractivity contribution in [2.75, 3.05) is 6.26 Å². The number of hydrogen-bond acceptors (Lipinski definition) is 0. The molecule has 0 amide bonds. The quantitative estimate of drug-likeness (QED) is 0.535. The Hall–Kier alpha value is 0.220. The van der Waals surface area contributed by atoms with Crippen molar-refractivity contribution in [2.45, 2.75) is 38.4 Å². The largest absolute Gasteiger partial charge is 0.193 e. The van der Waals surface area contributed by atoms with Gasteiger partial charge in [0, 0.05) is 0 Å². The zero-order valence-corrected chi connectivity index (χ0v) is 7.63. The third-order valence-electron chi connectivity index (χ3n) is 1.65. The van der Waals surface area contributed by atoms with Crippen molar-refractivity contribution in [3.05, 3.63) is 0 Å². The number of rotatable bonds is 4. The van der Waals surface area contributed by atoms with Gasteiger partial charge in [0.1, 0.15) is 0 Å². The Bertz CT molecular complexity index is 86.6. The van der Waals surface area contributed by atoms with Crippen molar-refractivity contribution >= 4 is 16.4 Å². The minimum Gasteiger partial charge on any atom is -0.193 e. The summed E-state index contributed by atoms with van der Waals surface area (Å²) < 4.78 is 0. The molecular weight excluding hydrogens is 128 g/mol. The summed E-state index contributed by atoms with van der Waals surface area (Å²) in [5.41, 5.74) is 0. The van der Waals surface area contributed by atoms with Crippen molar-refractivity contribution < 1.29 is 0 Å². The van der Waals surface area contributed by atoms with E-state index in [1.807, 2.05) is 0 Å². The van der Waals surface area contributed by atoms with Gasteiger partial charge in [-0.1, -0.05) is 32.6 Å². The predicted molar refractivity (Wildman–Crippen MR) is 49.6 cm³/mol. The molecule has 0 radical (unpaired) electrons. The Morgan fingerprint density at radius 2 is 2.11 bits per heavy atom. The lowest BCUT2D eigenvalue weighted by atomic mass is 10.2. The first-order valence-electron chi connectivity index (χ1n) is 3.63. The van der Waals surface area contributed by atoms with Gasteiger partial charge in [-0.05, 0) is 17.9 Å². The molecule has 0 saturated heterocycles. The second kappa shape index (κ2) is 5.04. The molecule has 0 rings (SSSR count). The molecule has 0 N–H and O–H groups in total. The minimum absolute atomic E-state index is 0.388. The topological polar surface area (TPSA) is 0 Å². The van der Waals surface area contributed by atoms with Crippen LogP contribution in [-0.2, 0) is 0 Å². The Morgan fingerprint density at radius 3 is 2.44 bits per heavy atom. The van der Waals surface area contributed by atoms with Gasteiger partial charge in [0.25, 0.3) is 0 Å². The third-order valence-corrected chi connectivity index (χ3v) is 3.26. The maximum Gasteiger partial charge on any atom is -0.00390 e. The van der Waals surface area contributed by atoms with Crippen molar-refractivity contribution in [2.24, 2.45) is 0 Å². The average molecular weight is 146 g/mol. The molecule has 9 heavy (non-hydrogen) atoms. The zero-order valence-electron chi connectivity index (χ0n) is 6.81. The Balaban J connectivity index is 3.27. The van der Waals surface area contributed by atoms with Crippen LogP contribution in [0.4, 0.5) is 0 Å². The molecule has 1 heteroatoms. The van der Waals surface area contributed by atoms with Gasteiger partial charge in [-0.15, -0.1) is 0 Å². The maximum absolute atomic E-state index is 4.02. The molecule has 0 aliphatic heterocycles. The van der Waals surface area contributed by atoms with E-state index < -0.39 is 0 Å². The van der Waals surface area contributed by atoms with E-state index in [0.29, 0.717) is 10.5 Å². The van der Waals surface area contributed by atoms with Gasteiger partial charge in [0.05, 0.1) is 0 Å². The van der Waals surface area contributed by atoms with E-state index >= 15 is 0 Å². The molecule has 0 nitrogen and oxygen atoms in total. The number of hydrogen-bond donors (Lipinski definition) is 0. The van der Waals surface area contributed by atoms with Crippen molar-refractivity contribution in [3.63, 3.8) is 0 Å². The summed E-state index contributed by atoms with van der Waals surface area (Å²) in [5, 5.41) is 0.838. The lowest BCUT2D eigenvalue weighted by molar-refractivity contribution is 0.713. The molecule has 0 spiro atoms. The zero-order chi connectivity index (χ0) is 7.28. The fourth-order valence-electron chi connectivity index (χ4n) is 0.693. The molecule has 0 fully saturated rings. The van der Waals surface area contributed by atoms with Crippen LogP contribution in [-0.4, -0.2) is 17.4 Å². The Kier molecular flexibility index (Phi) is 5.16. The summed E-state index contributed by atoms with van der Waals surface area (Å²) in [7, 11) is 0.388. The fourth-order valence-corrected chi connectivity index (χ4v) is 1.26. The monoisotopic (exact) mass is 146 g/mol. The molecular formula is C8H18S. The van der Waals surface area contributed by atoms with Crippen LogP contribution < -0.4 is 0 Å². The fraction of sp³-hybridized carbons (Fsp3) is 0.875. The summed E-state index contributed by atoms with van der Waals surface area (Å²) >= 11 is 0. The van der Waals surface area contributed by atoms with E-state index in [1.54, 1.807) is 0 Å². The van der Waals surface area contributed by atoms with Crippen LogP contribution in [0.3, 0.4) is 0 Å². The predicted octanol–water partition coefficient (Wildman–Crippen LogP) is 2.90. The van der Waals surface area contributed by atoms with Gasteiger partial charge in [0.2, 0.25) is 0 Å². The summed E-state index contributed by atoms with van der Waals surface area (Å²) in [5.74, 6) is 4.02. The lowest BCUT2D eigenvalue weighted by Crippen LogP contribution is -1.96. The van der Waals surface area contributed by atoms with Crippen LogP contribution in [0, 0.1) is 0 Å². The highest BCUT2D eigenvalue weighted by Crippen LogP contribution is 2.18. The van der Waals surface area contributed by atoms with Gasteiger partial charge in [-0.3, -0.25) is 0 Å². The molecule has 56 valence electrons. The first kappa shape index (κ1) is 9.22. The SMILES string of the molecule is C=S(C)C(C)CCCC. The van der Waals surface area contributed by atoms with Gasteiger partial charge in [-0.2, -0.15) is 10.5 Å². The highest BCUT2D eigenvalue weighted by Gasteiger charge is 1.98. The standard InChI is InChI=1S/C8H18S/c1-5-6-7-8(2)9(3)4/h8H,3,5-7H2,1-2,4H3. The summed E-state index contributed by atoms with van der Waals surface area (Å²) in [4.78, 5) is 0. The highest BCUT2D eigenvalue weighted by molar-refractivity contribution is 8.14. The van der Waals surface area contributed by atoms with Gasteiger partial charge < -0.3 is 0 Å². The summed E-state index contributed by atoms with van der Waals surface area (Å²) in [6, 6.07) is 0. The van der Waals surface area contributed by atoms with E-state index in [2.05, 4.69) is 26.0 Å². The first-order valence-corrected chi connectivity index (χ1v) is 5.49. The first-order chi connectivity index (χ1) is 4.18. The van der Waals surface area contributed by atoms with Crippen LogP contribution in [0.15, 0.2) is 0 Å². The second-order valence-electron chi connectivity index (χ2n) is 2.64. The third kappa shape index (κ3) is 4.71. The molecule has 0 aromatic heterocycles. The van der Waals surface area contributed by atoms with Gasteiger partial charge in [0.15, 0.2) is 0 Å². The molecule has 0 aromatic rings. The molecule has 2 unspecified atom stereocenters. The Labute approximate surface area is 61.6 Å². The summed E-state index contributed by atoms with van der Waals surface area (Å²) in [6.07, 6.45) is 6.27. The molecule has 0 aliphatic rings. The smallest absolute Gasteiger partial charge is 0.00390 e. The molecule has 2 atom stereocenters. The molecule has 0 saturated carbocycles. The van der Waals surface area contributed by atoms with Crippen LogP contribution in [0.5, 0.6) is 0 Å².